The molecule has 398 valence electrons. The number of carbonyl (C=O) groups is 2. The van der Waals surface area contributed by atoms with Gasteiger partial charge in [-0.15, -0.1) is 0 Å². The number of hydrogen-bond acceptors (Lipinski definition) is 10. The first kappa shape index (κ1) is 56.4. The first-order chi connectivity index (χ1) is 35.5. The molecule has 75 heavy (non-hydrogen) atoms. The van der Waals surface area contributed by atoms with E-state index in [0.29, 0.717) is 24.3 Å². The highest BCUT2D eigenvalue weighted by Gasteiger charge is 2.33. The van der Waals surface area contributed by atoms with Crippen molar-refractivity contribution < 1.29 is 45.4 Å². The zero-order valence-corrected chi connectivity index (χ0v) is 46.4. The van der Waals surface area contributed by atoms with Gasteiger partial charge in [0, 0.05) is 13.1 Å². The Morgan fingerprint density at radius 2 is 0.987 bits per heavy atom. The number of nitrogens with one attached hydrogen (secondary N) is 1. The van der Waals surface area contributed by atoms with E-state index >= 15 is 0 Å². The van der Waals surface area contributed by atoms with Crippen molar-refractivity contribution in [3.8, 4) is 33.8 Å². The molecule has 0 saturated carbocycles. The van der Waals surface area contributed by atoms with Crippen molar-refractivity contribution in [3.05, 3.63) is 167 Å². The average molecular weight is 1060 g/mol. The molecule has 0 bridgehead atoms. The molecule has 2 atom stereocenters. The summed E-state index contributed by atoms with van der Waals surface area (Å²) in [7, 11) is -5.90. The predicted octanol–water partition coefficient (Wildman–Crippen LogP) is 12.6. The van der Waals surface area contributed by atoms with E-state index in [1.54, 1.807) is 43.4 Å². The van der Waals surface area contributed by atoms with Crippen LogP contribution in [0.25, 0.3) is 22.3 Å². The molecule has 0 fully saturated rings. The van der Waals surface area contributed by atoms with Gasteiger partial charge < -0.3 is 18.9 Å². The Labute approximate surface area is 444 Å². The molecule has 6 aromatic rings. The Morgan fingerprint density at radius 3 is 1.49 bits per heavy atom. The van der Waals surface area contributed by atoms with Crippen LogP contribution in [0.15, 0.2) is 143 Å². The number of ether oxygens (including phenoxy) is 4. The number of hydrogen-bond donors (Lipinski definition) is 1. The molecular weight excluding hydrogens is 985 g/mol. The molecule has 1 N–H and O–H groups in total. The third-order valence-corrected chi connectivity index (χ3v) is 16.4. The highest BCUT2D eigenvalue weighted by molar-refractivity contribution is 7.89. The molecule has 0 heterocycles. The smallest absolute Gasteiger partial charge is 0.344 e. The van der Waals surface area contributed by atoms with Gasteiger partial charge in [0.05, 0.1) is 15.8 Å². The average Bonchev–Trinajstić information content (AvgIpc) is 3.71. The van der Waals surface area contributed by atoms with E-state index in [2.05, 4.69) is 4.72 Å². The topological polar surface area (TPSA) is 155 Å². The van der Waals surface area contributed by atoms with Gasteiger partial charge in [0.1, 0.15) is 22.7 Å². The van der Waals surface area contributed by atoms with Crippen LogP contribution in [0.4, 0.5) is 0 Å². The molecule has 12 nitrogen and oxygen atoms in total. The highest BCUT2D eigenvalue weighted by atomic mass is 32.2. The van der Waals surface area contributed by atoms with Crippen LogP contribution in [-0.4, -0.2) is 64.5 Å². The summed E-state index contributed by atoms with van der Waals surface area (Å²) in [4.78, 5) is 24.9. The minimum absolute atomic E-state index is 0.196. The maximum atomic E-state index is 13.9. The van der Waals surface area contributed by atoms with Crippen molar-refractivity contribution in [2.75, 3.05) is 20.3 Å². The summed E-state index contributed by atoms with van der Waals surface area (Å²) < 4.78 is 81.6. The van der Waals surface area contributed by atoms with E-state index in [9.17, 15) is 26.4 Å². The number of nitrogens with zero attached hydrogens (tertiary/aromatic N) is 1. The molecule has 0 saturated heterocycles. The second-order valence-corrected chi connectivity index (χ2v) is 25.1. The van der Waals surface area contributed by atoms with Crippen molar-refractivity contribution in [1.82, 2.24) is 9.03 Å². The molecular formula is C61H72N2O10S2. The lowest BCUT2D eigenvalue weighted by Crippen LogP contribution is -2.31. The number of benzene rings is 6. The second kappa shape index (κ2) is 24.1. The summed E-state index contributed by atoms with van der Waals surface area (Å²) in [6.45, 7) is 14.5. The fraction of sp³-hybridized carbons (Fsp3) is 0.377. The van der Waals surface area contributed by atoms with Crippen molar-refractivity contribution >= 4 is 32.0 Å². The van der Waals surface area contributed by atoms with Crippen LogP contribution in [0.5, 0.6) is 11.5 Å². The summed E-state index contributed by atoms with van der Waals surface area (Å²) in [6.07, 6.45) is 6.46. The Kier molecular flexibility index (Phi) is 18.1. The van der Waals surface area contributed by atoms with Crippen molar-refractivity contribution in [3.63, 3.8) is 0 Å². The van der Waals surface area contributed by atoms with Gasteiger partial charge in [-0.05, 0) is 175 Å². The summed E-state index contributed by atoms with van der Waals surface area (Å²) in [5.74, 6) is 0.320. The molecule has 0 aliphatic heterocycles. The molecule has 14 heteroatoms. The number of sulfonamides is 2. The lowest BCUT2D eigenvalue weighted by Gasteiger charge is -2.29. The van der Waals surface area contributed by atoms with Crippen LogP contribution in [0.3, 0.4) is 0 Å². The summed E-state index contributed by atoms with van der Waals surface area (Å²) >= 11 is 0. The third kappa shape index (κ3) is 15.2. The monoisotopic (exact) mass is 1060 g/mol. The summed E-state index contributed by atoms with van der Waals surface area (Å²) in [6, 6.07) is 40.8. The number of fused-ring (bicyclic) bond motifs is 2. The zero-order chi connectivity index (χ0) is 54.1. The zero-order valence-electron chi connectivity index (χ0n) is 44.8. The Hall–Kier alpha value is -6.32. The quantitative estimate of drug-likeness (QED) is 0.0823. The fourth-order valence-corrected chi connectivity index (χ4v) is 12.2. The van der Waals surface area contributed by atoms with E-state index in [0.717, 1.165) is 94.2 Å². The Morgan fingerprint density at radius 1 is 0.547 bits per heavy atom. The van der Waals surface area contributed by atoms with E-state index in [1.807, 2.05) is 152 Å². The first-order valence-electron chi connectivity index (χ1n) is 25.7. The van der Waals surface area contributed by atoms with E-state index in [4.69, 9.17) is 18.9 Å². The van der Waals surface area contributed by atoms with Gasteiger partial charge in [0.15, 0.2) is 13.2 Å². The first-order valence-corrected chi connectivity index (χ1v) is 28.7. The largest absolute Gasteiger partial charge is 0.482 e. The molecule has 0 amide bonds. The van der Waals surface area contributed by atoms with Crippen molar-refractivity contribution in [1.29, 1.82) is 0 Å². The molecule has 2 unspecified atom stereocenters. The van der Waals surface area contributed by atoms with Crippen molar-refractivity contribution in [2.24, 2.45) is 0 Å². The van der Waals surface area contributed by atoms with Gasteiger partial charge in [0.25, 0.3) is 0 Å². The Bertz CT molecular complexity index is 3180. The van der Waals surface area contributed by atoms with Gasteiger partial charge >= 0.3 is 11.9 Å². The number of esters is 2. The lowest BCUT2D eigenvalue weighted by molar-refractivity contribution is -0.158. The summed E-state index contributed by atoms with van der Waals surface area (Å²) in [5.41, 5.74) is 8.47. The van der Waals surface area contributed by atoms with Crippen molar-refractivity contribution in [2.45, 2.75) is 140 Å². The van der Waals surface area contributed by atoms with Crippen LogP contribution in [0.1, 0.15) is 126 Å². The molecule has 0 spiro atoms. The molecule has 2 aliphatic carbocycles. The molecule has 8 rings (SSSR count). The van der Waals surface area contributed by atoms with Crippen LogP contribution < -0.4 is 14.2 Å². The van der Waals surface area contributed by atoms with E-state index in [-0.39, 0.29) is 29.0 Å². The second-order valence-electron chi connectivity index (χ2n) is 21.4. The van der Waals surface area contributed by atoms with Gasteiger partial charge in [-0.2, -0.15) is 4.31 Å². The molecule has 0 radical (unpaired) electrons. The van der Waals surface area contributed by atoms with E-state index < -0.39 is 49.2 Å². The maximum absolute atomic E-state index is 13.9. The van der Waals surface area contributed by atoms with Gasteiger partial charge in [-0.25, -0.2) is 31.1 Å². The van der Waals surface area contributed by atoms with E-state index in [1.165, 1.54) is 4.31 Å². The minimum atomic E-state index is -3.78. The molecule has 6 aromatic carbocycles. The molecule has 0 aromatic heterocycles. The normalized spacial score (nSPS) is 16.0. The minimum Gasteiger partial charge on any atom is -0.482 e. The number of rotatable bonds is 14. The van der Waals surface area contributed by atoms with Crippen LogP contribution in [0, 0.1) is 13.8 Å². The number of carbonyl (C=O) groups excluding carboxylic acids is 2. The SMILES string of the molecule is Cc1ccc(-c2cccc(S(=O)(=O)N(C)C3CCCCc4c(OCC(=O)OC(C)(C)C)cccc43)c2)cc1.Cc1ccc(-c2cccc(S(=O)(=O)NC3CCCCc4c(OCC(=O)OC(C)(C)C)cccc43)c2)cc1. The maximum Gasteiger partial charge on any atom is 0.344 e. The lowest BCUT2D eigenvalue weighted by atomic mass is 9.98. The van der Waals surface area contributed by atoms with Gasteiger partial charge in [-0.3, -0.25) is 0 Å². The predicted molar refractivity (Wildman–Crippen MR) is 295 cm³/mol. The van der Waals surface area contributed by atoms with Crippen LogP contribution in [-0.2, 0) is 52.0 Å². The highest BCUT2D eigenvalue weighted by Crippen LogP contribution is 2.40. The molecule has 2 aliphatic rings. The standard InChI is InChI=1S/C31H37NO5S.C30H35NO5S/c1-22-16-18-23(19-17-22)24-10-8-11-25(20-24)38(34,35)32(5)28-14-7-6-12-27-26(28)13-9-15-29(27)36-21-30(33)37-31(2,3)4;1-21-15-17-22(18-16-21)23-9-7-10-24(19-23)37(33,34)31-27-13-6-5-11-26-25(27)12-8-14-28(26)35-20-29(32)36-30(2,3)4/h8-11,13,15-20,28H,6-7,12,14,21H2,1-5H3;7-10,12,14-19,27,31H,5-6,11,13,20H2,1-4H3. The number of aryl methyl sites for hydroxylation is 2. The summed E-state index contributed by atoms with van der Waals surface area (Å²) in [5, 5.41) is 0. The van der Waals surface area contributed by atoms with Crippen LogP contribution >= 0.6 is 0 Å². The Balaban J connectivity index is 0.000000219. The van der Waals surface area contributed by atoms with Gasteiger partial charge in [0.2, 0.25) is 20.0 Å². The van der Waals surface area contributed by atoms with Gasteiger partial charge in [-0.1, -0.05) is 121 Å². The fourth-order valence-electron chi connectivity index (χ4n) is 9.49. The van der Waals surface area contributed by atoms with Crippen LogP contribution in [0.2, 0.25) is 0 Å². The third-order valence-electron chi connectivity index (χ3n) is 13.1.